The fourth-order valence-electron chi connectivity index (χ4n) is 3.38. The van der Waals surface area contributed by atoms with Crippen LogP contribution in [0.15, 0.2) is 33.9 Å². The summed E-state index contributed by atoms with van der Waals surface area (Å²) in [6, 6.07) is 3.74. The first-order valence-electron chi connectivity index (χ1n) is 8.76. The van der Waals surface area contributed by atoms with Gasteiger partial charge in [-0.05, 0) is 31.0 Å². The Morgan fingerprint density at radius 1 is 1.07 bits per heavy atom. The molecule has 1 aromatic heterocycles. The van der Waals surface area contributed by atoms with E-state index in [2.05, 4.69) is 0 Å². The van der Waals surface area contributed by atoms with Gasteiger partial charge in [-0.3, -0.25) is 23.5 Å². The van der Waals surface area contributed by atoms with Crippen LogP contribution in [0.2, 0.25) is 0 Å². The van der Waals surface area contributed by atoms with Crippen LogP contribution < -0.4 is 11.2 Å². The monoisotopic (exact) mass is 391 g/mol. The summed E-state index contributed by atoms with van der Waals surface area (Å²) in [6.45, 7) is 0.328. The van der Waals surface area contributed by atoms with Gasteiger partial charge in [0.25, 0.3) is 11.5 Å². The lowest BCUT2D eigenvalue weighted by molar-refractivity contribution is 0.0626. The summed E-state index contributed by atoms with van der Waals surface area (Å²) in [5.41, 5.74) is -1.68. The van der Waals surface area contributed by atoms with Crippen LogP contribution in [-0.4, -0.2) is 38.8 Å². The van der Waals surface area contributed by atoms with E-state index >= 15 is 0 Å². The molecule has 1 aliphatic heterocycles. The second kappa shape index (κ2) is 7.49. The molecule has 1 unspecified atom stereocenters. The van der Waals surface area contributed by atoms with E-state index in [9.17, 15) is 28.0 Å². The summed E-state index contributed by atoms with van der Waals surface area (Å²) < 4.78 is 29.3. The third-order valence-electron chi connectivity index (χ3n) is 5.02. The Bertz CT molecular complexity index is 1070. The number of halogens is 2. The third-order valence-corrected chi connectivity index (χ3v) is 5.02. The molecule has 0 saturated carbocycles. The highest BCUT2D eigenvalue weighted by Crippen LogP contribution is 2.23. The van der Waals surface area contributed by atoms with Gasteiger partial charge >= 0.3 is 5.69 Å². The first-order valence-corrected chi connectivity index (χ1v) is 8.76. The van der Waals surface area contributed by atoms with Crippen LogP contribution in [0.1, 0.15) is 33.7 Å². The Balaban J connectivity index is 1.87. The molecule has 28 heavy (non-hydrogen) atoms. The van der Waals surface area contributed by atoms with Crippen molar-refractivity contribution in [3.63, 3.8) is 0 Å². The first-order chi connectivity index (χ1) is 13.2. The van der Waals surface area contributed by atoms with Gasteiger partial charge in [0, 0.05) is 39.2 Å². The minimum atomic E-state index is -0.816. The largest absolute Gasteiger partial charge is 0.337 e. The number of piperidine rings is 1. The molecule has 7 nitrogen and oxygen atoms in total. The molecule has 0 N–H and O–H groups in total. The van der Waals surface area contributed by atoms with E-state index in [0.29, 0.717) is 19.4 Å². The zero-order valence-corrected chi connectivity index (χ0v) is 15.4. The van der Waals surface area contributed by atoms with E-state index in [1.54, 1.807) is 0 Å². The Morgan fingerprint density at radius 3 is 2.50 bits per heavy atom. The number of amides is 1. The van der Waals surface area contributed by atoms with Gasteiger partial charge in [0.15, 0.2) is 5.78 Å². The van der Waals surface area contributed by atoms with E-state index in [0.717, 1.165) is 33.4 Å². The highest BCUT2D eigenvalue weighted by atomic mass is 19.1. The van der Waals surface area contributed by atoms with Gasteiger partial charge in [-0.25, -0.2) is 13.6 Å². The molecule has 148 valence electrons. The molecule has 0 aliphatic carbocycles. The van der Waals surface area contributed by atoms with Crippen molar-refractivity contribution in [3.8, 4) is 0 Å². The van der Waals surface area contributed by atoms with Crippen LogP contribution in [0.3, 0.4) is 0 Å². The Labute approximate surface area is 158 Å². The number of rotatable bonds is 3. The van der Waals surface area contributed by atoms with Crippen molar-refractivity contribution in [3.05, 3.63) is 68.0 Å². The predicted molar refractivity (Wildman–Crippen MR) is 96.2 cm³/mol. The van der Waals surface area contributed by atoms with Gasteiger partial charge in [-0.15, -0.1) is 0 Å². The first kappa shape index (κ1) is 19.7. The van der Waals surface area contributed by atoms with Crippen molar-refractivity contribution < 1.29 is 18.4 Å². The van der Waals surface area contributed by atoms with Gasteiger partial charge in [0.2, 0.25) is 0 Å². The highest BCUT2D eigenvalue weighted by molar-refractivity contribution is 5.99. The molecule has 3 rings (SSSR count). The fourth-order valence-corrected chi connectivity index (χ4v) is 3.38. The number of benzene rings is 1. The number of nitrogens with zero attached hydrogens (tertiary/aromatic N) is 3. The minimum absolute atomic E-state index is 0.00296. The molecule has 1 atom stereocenters. The number of carbonyl (C=O) groups excluding carboxylic acids is 2. The molecule has 2 aromatic rings. The molecule has 1 aliphatic rings. The molecule has 9 heteroatoms. The zero-order chi connectivity index (χ0) is 20.6. The van der Waals surface area contributed by atoms with E-state index in [4.69, 9.17) is 0 Å². The molecule has 1 saturated heterocycles. The van der Waals surface area contributed by atoms with Gasteiger partial charge in [-0.1, -0.05) is 0 Å². The molecular formula is C19H19F2N3O4. The van der Waals surface area contributed by atoms with Crippen molar-refractivity contribution in [2.24, 2.45) is 20.0 Å². The SMILES string of the molecule is Cn1c(C(=O)N2CCCC(C(=O)c3cc(F)ccc3F)C2)cc(=O)n(C)c1=O. The van der Waals surface area contributed by atoms with Gasteiger partial charge in [0.1, 0.15) is 17.3 Å². The summed E-state index contributed by atoms with van der Waals surface area (Å²) >= 11 is 0. The fraction of sp³-hybridized carbons (Fsp3) is 0.368. The predicted octanol–water partition coefficient (Wildman–Crippen LogP) is 1.10. The van der Waals surface area contributed by atoms with Crippen molar-refractivity contribution in [2.75, 3.05) is 13.1 Å². The molecule has 1 aromatic carbocycles. The van der Waals surface area contributed by atoms with Crippen LogP contribution in [0, 0.1) is 17.6 Å². The topological polar surface area (TPSA) is 81.4 Å². The maximum atomic E-state index is 13.9. The summed E-state index contributed by atoms with van der Waals surface area (Å²) in [7, 11) is 2.69. The Kier molecular flexibility index (Phi) is 5.26. The quantitative estimate of drug-likeness (QED) is 0.734. The van der Waals surface area contributed by atoms with E-state index in [1.165, 1.54) is 19.0 Å². The molecule has 0 spiro atoms. The highest BCUT2D eigenvalue weighted by Gasteiger charge is 2.32. The lowest BCUT2D eigenvalue weighted by Gasteiger charge is -2.32. The zero-order valence-electron chi connectivity index (χ0n) is 15.4. The van der Waals surface area contributed by atoms with Crippen LogP contribution >= 0.6 is 0 Å². The molecule has 0 radical (unpaired) electrons. The average Bonchev–Trinajstić information content (AvgIpc) is 2.70. The van der Waals surface area contributed by atoms with Crippen LogP contribution in [0.4, 0.5) is 8.78 Å². The van der Waals surface area contributed by atoms with Gasteiger partial charge in [0.05, 0.1) is 5.56 Å². The second-order valence-corrected chi connectivity index (χ2v) is 6.85. The van der Waals surface area contributed by atoms with Crippen LogP contribution in [-0.2, 0) is 14.1 Å². The summed E-state index contributed by atoms with van der Waals surface area (Å²) in [5.74, 6) is -3.37. The number of hydrogen-bond acceptors (Lipinski definition) is 4. The summed E-state index contributed by atoms with van der Waals surface area (Å²) in [4.78, 5) is 50.8. The van der Waals surface area contributed by atoms with Crippen molar-refractivity contribution in [1.29, 1.82) is 0 Å². The van der Waals surface area contributed by atoms with E-state index < -0.39 is 40.5 Å². The van der Waals surface area contributed by atoms with Crippen LogP contribution in [0.5, 0.6) is 0 Å². The number of Topliss-reactive ketones (excluding diaryl/α,β-unsaturated/α-hetero) is 1. The number of ketones is 1. The van der Waals surface area contributed by atoms with Crippen molar-refractivity contribution in [1.82, 2.24) is 14.0 Å². The molecular weight excluding hydrogens is 372 g/mol. The molecule has 1 amide bonds. The number of aromatic nitrogens is 2. The summed E-state index contributed by atoms with van der Waals surface area (Å²) in [6.07, 6.45) is 0.909. The lowest BCUT2D eigenvalue weighted by Crippen LogP contribution is -2.46. The number of hydrogen-bond donors (Lipinski definition) is 0. The van der Waals surface area contributed by atoms with Gasteiger partial charge < -0.3 is 4.90 Å². The standard InChI is InChI=1S/C19H19F2N3O4/c1-22-15(9-16(25)23(2)19(22)28)18(27)24-7-3-4-11(10-24)17(26)13-8-12(20)5-6-14(13)21/h5-6,8-9,11H,3-4,7,10H2,1-2H3. The molecule has 0 bridgehead atoms. The second-order valence-electron chi connectivity index (χ2n) is 6.85. The van der Waals surface area contributed by atoms with Crippen molar-refractivity contribution >= 4 is 11.7 Å². The Morgan fingerprint density at radius 2 is 1.79 bits per heavy atom. The number of likely N-dealkylation sites (tertiary alicyclic amines) is 1. The maximum Gasteiger partial charge on any atom is 0.331 e. The van der Waals surface area contributed by atoms with Crippen molar-refractivity contribution in [2.45, 2.75) is 12.8 Å². The van der Waals surface area contributed by atoms with Crippen LogP contribution in [0.25, 0.3) is 0 Å². The van der Waals surface area contributed by atoms with Gasteiger partial charge in [-0.2, -0.15) is 0 Å². The lowest BCUT2D eigenvalue weighted by atomic mass is 9.89. The van der Waals surface area contributed by atoms with E-state index in [-0.39, 0.29) is 17.8 Å². The summed E-state index contributed by atoms with van der Waals surface area (Å²) in [5, 5.41) is 0. The molecule has 1 fully saturated rings. The minimum Gasteiger partial charge on any atom is -0.337 e. The smallest absolute Gasteiger partial charge is 0.331 e. The average molecular weight is 391 g/mol. The number of carbonyl (C=O) groups is 2. The van der Waals surface area contributed by atoms with E-state index in [1.807, 2.05) is 0 Å². The maximum absolute atomic E-state index is 13.9. The molecule has 2 heterocycles. The third kappa shape index (κ3) is 3.51. The normalized spacial score (nSPS) is 16.9. The Hall–Kier alpha value is -3.10.